The monoisotopic (exact) mass is 395 g/mol. The van der Waals surface area contributed by atoms with Gasteiger partial charge in [0.05, 0.1) is 21.7 Å². The summed E-state index contributed by atoms with van der Waals surface area (Å²) in [4.78, 5) is 0.243. The maximum atomic E-state index is 13.1. The molecule has 6 heteroatoms. The molecule has 0 radical (unpaired) electrons. The minimum atomic E-state index is -3.63. The number of anilines is 1. The van der Waals surface area contributed by atoms with E-state index in [1.165, 1.54) is 4.31 Å². The van der Waals surface area contributed by atoms with Crippen molar-refractivity contribution in [2.75, 3.05) is 10.9 Å². The molecule has 0 bridgehead atoms. The van der Waals surface area contributed by atoms with Crippen LogP contribution in [0.4, 0.5) is 5.69 Å². The molecular weight excluding hydrogens is 378 g/mol. The first kappa shape index (κ1) is 16.3. The standard InChI is InChI=1S/C17H18BrNO3S/c1-3-22-17-11-14(8-9-15(17)18)23(20,21)19-12(2)10-13-6-4-5-7-16(13)19/h4-9,11-12H,3,10H2,1-2H3/t12-/m1/s1. The molecular formula is C17H18BrNO3S. The quantitative estimate of drug-likeness (QED) is 0.785. The third-order valence-electron chi connectivity index (χ3n) is 3.90. The molecule has 0 aromatic heterocycles. The lowest BCUT2D eigenvalue weighted by Gasteiger charge is -2.24. The highest BCUT2D eigenvalue weighted by Crippen LogP contribution is 2.38. The zero-order chi connectivity index (χ0) is 16.6. The van der Waals surface area contributed by atoms with E-state index in [-0.39, 0.29) is 10.9 Å². The summed E-state index contributed by atoms with van der Waals surface area (Å²) in [6, 6.07) is 12.4. The van der Waals surface area contributed by atoms with E-state index in [1.54, 1.807) is 18.2 Å². The average molecular weight is 396 g/mol. The van der Waals surface area contributed by atoms with Crippen molar-refractivity contribution in [3.8, 4) is 5.75 Å². The summed E-state index contributed by atoms with van der Waals surface area (Å²) < 4.78 is 34.0. The Morgan fingerprint density at radius 3 is 2.74 bits per heavy atom. The van der Waals surface area contributed by atoms with E-state index in [1.807, 2.05) is 38.1 Å². The number of fused-ring (bicyclic) bond motifs is 1. The fourth-order valence-corrected chi connectivity index (χ4v) is 5.00. The van der Waals surface area contributed by atoms with Crippen LogP contribution < -0.4 is 9.04 Å². The van der Waals surface area contributed by atoms with Gasteiger partial charge in [0.2, 0.25) is 0 Å². The van der Waals surface area contributed by atoms with Crippen molar-refractivity contribution in [3.05, 3.63) is 52.5 Å². The molecule has 0 fully saturated rings. The third-order valence-corrected chi connectivity index (χ3v) is 6.48. The molecule has 1 heterocycles. The van der Waals surface area contributed by atoms with E-state index in [0.29, 0.717) is 12.4 Å². The van der Waals surface area contributed by atoms with E-state index >= 15 is 0 Å². The lowest BCUT2D eigenvalue weighted by atomic mass is 10.1. The molecule has 1 atom stereocenters. The Balaban J connectivity index is 2.07. The molecule has 0 saturated heterocycles. The highest BCUT2D eigenvalue weighted by molar-refractivity contribution is 9.10. The minimum Gasteiger partial charge on any atom is -0.493 e. The number of rotatable bonds is 4. The normalized spacial score (nSPS) is 17.2. The summed E-state index contributed by atoms with van der Waals surface area (Å²) in [6.07, 6.45) is 0.726. The largest absolute Gasteiger partial charge is 0.493 e. The molecule has 3 rings (SSSR count). The van der Waals surface area contributed by atoms with Gasteiger partial charge in [-0.2, -0.15) is 0 Å². The lowest BCUT2D eigenvalue weighted by molar-refractivity contribution is 0.337. The van der Waals surface area contributed by atoms with Crippen molar-refractivity contribution < 1.29 is 13.2 Å². The summed E-state index contributed by atoms with van der Waals surface area (Å²) in [5.41, 5.74) is 1.83. The van der Waals surface area contributed by atoms with E-state index in [4.69, 9.17) is 4.74 Å². The number of halogens is 1. The second kappa shape index (κ2) is 6.17. The second-order valence-electron chi connectivity index (χ2n) is 5.51. The van der Waals surface area contributed by atoms with Crippen molar-refractivity contribution >= 4 is 31.6 Å². The topological polar surface area (TPSA) is 46.6 Å². The number of ether oxygens (including phenoxy) is 1. The molecule has 0 aliphatic carbocycles. The molecule has 0 saturated carbocycles. The Kier molecular flexibility index (Phi) is 4.38. The fourth-order valence-electron chi connectivity index (χ4n) is 2.93. The number of benzene rings is 2. The third kappa shape index (κ3) is 2.85. The van der Waals surface area contributed by atoms with Gasteiger partial charge < -0.3 is 4.74 Å². The number of hydrogen-bond acceptors (Lipinski definition) is 3. The van der Waals surface area contributed by atoms with E-state index < -0.39 is 10.0 Å². The molecule has 2 aromatic rings. The van der Waals surface area contributed by atoms with Crippen molar-refractivity contribution in [3.63, 3.8) is 0 Å². The number of sulfonamides is 1. The Morgan fingerprint density at radius 1 is 1.26 bits per heavy atom. The van der Waals surface area contributed by atoms with Crippen LogP contribution in [0.25, 0.3) is 0 Å². The van der Waals surface area contributed by atoms with Crippen LogP contribution >= 0.6 is 15.9 Å². The minimum absolute atomic E-state index is 0.100. The summed E-state index contributed by atoms with van der Waals surface area (Å²) >= 11 is 3.39. The Bertz CT molecular complexity index is 835. The smallest absolute Gasteiger partial charge is 0.264 e. The molecule has 0 spiro atoms. The summed E-state index contributed by atoms with van der Waals surface area (Å²) in [5.74, 6) is 0.536. The van der Waals surface area contributed by atoms with Gasteiger partial charge in [-0.15, -0.1) is 0 Å². The molecule has 0 N–H and O–H groups in total. The highest BCUT2D eigenvalue weighted by Gasteiger charge is 2.36. The molecule has 0 amide bonds. The number of hydrogen-bond donors (Lipinski definition) is 0. The van der Waals surface area contributed by atoms with Gasteiger partial charge in [-0.3, -0.25) is 4.31 Å². The first-order chi connectivity index (χ1) is 10.9. The summed E-state index contributed by atoms with van der Waals surface area (Å²) in [7, 11) is -3.63. The maximum absolute atomic E-state index is 13.1. The van der Waals surface area contributed by atoms with Crippen LogP contribution in [0.5, 0.6) is 5.75 Å². The van der Waals surface area contributed by atoms with Crippen LogP contribution in [0.15, 0.2) is 51.8 Å². The second-order valence-corrected chi connectivity index (χ2v) is 8.18. The van der Waals surface area contributed by atoms with Crippen molar-refractivity contribution in [1.82, 2.24) is 0 Å². The Hall–Kier alpha value is -1.53. The predicted molar refractivity (Wildman–Crippen MR) is 94.6 cm³/mol. The first-order valence-corrected chi connectivity index (χ1v) is 9.73. The van der Waals surface area contributed by atoms with Crippen LogP contribution in [-0.4, -0.2) is 21.1 Å². The van der Waals surface area contributed by atoms with Gasteiger partial charge in [0.25, 0.3) is 10.0 Å². The van der Waals surface area contributed by atoms with E-state index in [9.17, 15) is 8.42 Å². The molecule has 1 aliphatic heterocycles. The van der Waals surface area contributed by atoms with Gasteiger partial charge in [-0.1, -0.05) is 18.2 Å². The van der Waals surface area contributed by atoms with Crippen LogP contribution in [0.2, 0.25) is 0 Å². The van der Waals surface area contributed by atoms with Gasteiger partial charge in [0.1, 0.15) is 5.75 Å². The van der Waals surface area contributed by atoms with Crippen LogP contribution in [0.3, 0.4) is 0 Å². The summed E-state index contributed by atoms with van der Waals surface area (Å²) in [5, 5.41) is 0. The molecule has 1 aliphatic rings. The predicted octanol–water partition coefficient (Wildman–Crippen LogP) is 3.99. The van der Waals surface area contributed by atoms with E-state index in [0.717, 1.165) is 22.1 Å². The molecule has 23 heavy (non-hydrogen) atoms. The molecule has 4 nitrogen and oxygen atoms in total. The van der Waals surface area contributed by atoms with Crippen LogP contribution in [0, 0.1) is 0 Å². The van der Waals surface area contributed by atoms with Crippen LogP contribution in [0.1, 0.15) is 19.4 Å². The van der Waals surface area contributed by atoms with E-state index in [2.05, 4.69) is 15.9 Å². The fraction of sp³-hybridized carbons (Fsp3) is 0.294. The van der Waals surface area contributed by atoms with Gasteiger partial charge in [0.15, 0.2) is 0 Å². The van der Waals surface area contributed by atoms with Crippen molar-refractivity contribution in [2.24, 2.45) is 0 Å². The highest BCUT2D eigenvalue weighted by atomic mass is 79.9. The van der Waals surface area contributed by atoms with Crippen molar-refractivity contribution in [2.45, 2.75) is 31.2 Å². The van der Waals surface area contributed by atoms with Gasteiger partial charge in [-0.05, 0) is 60.0 Å². The molecule has 122 valence electrons. The van der Waals surface area contributed by atoms with Gasteiger partial charge >= 0.3 is 0 Å². The zero-order valence-electron chi connectivity index (χ0n) is 13.0. The Labute approximate surface area is 145 Å². The van der Waals surface area contributed by atoms with Gasteiger partial charge in [-0.25, -0.2) is 8.42 Å². The average Bonchev–Trinajstić information content (AvgIpc) is 2.85. The number of nitrogens with zero attached hydrogens (tertiary/aromatic N) is 1. The number of para-hydroxylation sites is 1. The Morgan fingerprint density at radius 2 is 2.00 bits per heavy atom. The SMILES string of the molecule is CCOc1cc(S(=O)(=O)N2c3ccccc3C[C@H]2C)ccc1Br. The first-order valence-electron chi connectivity index (χ1n) is 7.50. The van der Waals surface area contributed by atoms with Crippen LogP contribution in [-0.2, 0) is 16.4 Å². The van der Waals surface area contributed by atoms with Crippen molar-refractivity contribution in [1.29, 1.82) is 0 Å². The zero-order valence-corrected chi connectivity index (χ0v) is 15.4. The summed E-state index contributed by atoms with van der Waals surface area (Å²) in [6.45, 7) is 4.28. The molecule has 2 aromatic carbocycles. The van der Waals surface area contributed by atoms with Gasteiger partial charge in [0, 0.05) is 12.1 Å². The molecule has 0 unspecified atom stereocenters. The lowest BCUT2D eigenvalue weighted by Crippen LogP contribution is -2.35. The maximum Gasteiger partial charge on any atom is 0.264 e.